The normalized spacial score (nSPS) is 10.6. The van der Waals surface area contributed by atoms with Crippen LogP contribution in [-0.2, 0) is 6.54 Å². The highest BCUT2D eigenvalue weighted by Gasteiger charge is 2.13. The van der Waals surface area contributed by atoms with E-state index >= 15 is 0 Å². The molecule has 3 aromatic rings. The van der Waals surface area contributed by atoms with Crippen LogP contribution in [0.2, 0.25) is 5.02 Å². The number of para-hydroxylation sites is 1. The third kappa shape index (κ3) is 2.99. The number of rotatable bonds is 3. The second-order valence-electron chi connectivity index (χ2n) is 4.75. The second-order valence-corrected chi connectivity index (χ2v) is 5.18. The number of fused-ring (bicyclic) bond motifs is 1. The predicted octanol–water partition coefficient (Wildman–Crippen LogP) is 2.51. The van der Waals surface area contributed by atoms with Gasteiger partial charge in [-0.3, -0.25) is 4.79 Å². The zero-order valence-corrected chi connectivity index (χ0v) is 12.2. The average molecular weight is 314 g/mol. The molecule has 5 nitrogen and oxygen atoms in total. The largest absolute Gasteiger partial charge is 0.347 e. The fourth-order valence-electron chi connectivity index (χ4n) is 2.14. The molecular formula is C16H12ClN3O2. The summed E-state index contributed by atoms with van der Waals surface area (Å²) in [6, 6.07) is 14.2. The van der Waals surface area contributed by atoms with Gasteiger partial charge >= 0.3 is 5.69 Å². The van der Waals surface area contributed by atoms with Gasteiger partial charge < -0.3 is 10.3 Å². The number of hydrogen-bond acceptors (Lipinski definition) is 3. The molecule has 3 rings (SSSR count). The first-order valence-electron chi connectivity index (χ1n) is 6.65. The molecule has 0 spiro atoms. The minimum absolute atomic E-state index is 0.119. The molecule has 0 saturated heterocycles. The summed E-state index contributed by atoms with van der Waals surface area (Å²) in [6.45, 7) is 0.332. The Hall–Kier alpha value is -2.66. The number of H-pyrrole nitrogens is 1. The van der Waals surface area contributed by atoms with Gasteiger partial charge in [-0.05, 0) is 23.8 Å². The highest BCUT2D eigenvalue weighted by atomic mass is 35.5. The molecular weight excluding hydrogens is 302 g/mol. The Bertz CT molecular complexity index is 888. The highest BCUT2D eigenvalue weighted by Crippen LogP contribution is 2.13. The summed E-state index contributed by atoms with van der Waals surface area (Å²) in [6.07, 6.45) is 0. The van der Waals surface area contributed by atoms with Gasteiger partial charge in [0.1, 0.15) is 5.69 Å². The zero-order valence-electron chi connectivity index (χ0n) is 11.5. The van der Waals surface area contributed by atoms with Crippen molar-refractivity contribution >= 4 is 28.4 Å². The molecule has 110 valence electrons. The maximum Gasteiger partial charge on any atom is 0.346 e. The summed E-state index contributed by atoms with van der Waals surface area (Å²) in [4.78, 5) is 30.2. The molecule has 0 unspecified atom stereocenters. The van der Waals surface area contributed by atoms with Crippen molar-refractivity contribution < 1.29 is 4.79 Å². The van der Waals surface area contributed by atoms with E-state index < -0.39 is 11.6 Å². The Morgan fingerprint density at radius 3 is 2.64 bits per heavy atom. The molecule has 0 aliphatic heterocycles. The van der Waals surface area contributed by atoms with Crippen molar-refractivity contribution in [2.75, 3.05) is 0 Å². The molecule has 0 aliphatic carbocycles. The lowest BCUT2D eigenvalue weighted by molar-refractivity contribution is 0.0947. The van der Waals surface area contributed by atoms with Crippen molar-refractivity contribution in [2.45, 2.75) is 6.54 Å². The number of halogens is 1. The van der Waals surface area contributed by atoms with E-state index in [0.29, 0.717) is 22.5 Å². The van der Waals surface area contributed by atoms with Crippen LogP contribution >= 0.6 is 11.6 Å². The Morgan fingerprint density at radius 1 is 1.14 bits per heavy atom. The third-order valence-electron chi connectivity index (χ3n) is 3.22. The molecule has 1 heterocycles. The van der Waals surface area contributed by atoms with E-state index in [0.717, 1.165) is 5.56 Å². The smallest absolute Gasteiger partial charge is 0.346 e. The molecule has 1 aromatic heterocycles. The summed E-state index contributed by atoms with van der Waals surface area (Å²) in [7, 11) is 0. The van der Waals surface area contributed by atoms with E-state index in [1.165, 1.54) is 0 Å². The molecule has 0 atom stereocenters. The minimum atomic E-state index is -0.546. The first-order chi connectivity index (χ1) is 10.6. The van der Waals surface area contributed by atoms with E-state index in [1.54, 1.807) is 36.4 Å². The fraction of sp³-hybridized carbons (Fsp3) is 0.0625. The van der Waals surface area contributed by atoms with Gasteiger partial charge in [0, 0.05) is 17.0 Å². The van der Waals surface area contributed by atoms with E-state index in [-0.39, 0.29) is 5.69 Å². The highest BCUT2D eigenvalue weighted by molar-refractivity contribution is 6.30. The maximum atomic E-state index is 12.3. The van der Waals surface area contributed by atoms with Gasteiger partial charge in [-0.1, -0.05) is 41.9 Å². The molecule has 0 fully saturated rings. The van der Waals surface area contributed by atoms with Crippen molar-refractivity contribution in [1.29, 1.82) is 0 Å². The number of nitrogens with zero attached hydrogens (tertiary/aromatic N) is 1. The Balaban J connectivity index is 1.86. The number of aromatic amines is 1. The Labute approximate surface area is 131 Å². The first kappa shape index (κ1) is 14.3. The fourth-order valence-corrected chi connectivity index (χ4v) is 2.27. The van der Waals surface area contributed by atoms with Gasteiger partial charge in [-0.25, -0.2) is 4.79 Å². The standard InChI is InChI=1S/C16H12ClN3O2/c17-11-7-5-10(6-8-11)9-18-15(21)14-12-3-1-2-4-13(12)19-16(22)20-14/h1-8H,9H2,(H,18,21)(H,19,20,22). The van der Waals surface area contributed by atoms with Gasteiger partial charge in [-0.2, -0.15) is 4.98 Å². The number of nitrogens with one attached hydrogen (secondary N) is 2. The van der Waals surface area contributed by atoms with Gasteiger partial charge in [0.15, 0.2) is 0 Å². The lowest BCUT2D eigenvalue weighted by atomic mass is 10.1. The van der Waals surface area contributed by atoms with Crippen molar-refractivity contribution in [3.05, 3.63) is 75.3 Å². The molecule has 2 aromatic carbocycles. The summed E-state index contributed by atoms with van der Waals surface area (Å²) < 4.78 is 0. The number of benzene rings is 2. The van der Waals surface area contributed by atoms with Crippen LogP contribution in [0, 0.1) is 0 Å². The van der Waals surface area contributed by atoms with Crippen molar-refractivity contribution in [2.24, 2.45) is 0 Å². The molecule has 22 heavy (non-hydrogen) atoms. The number of amides is 1. The van der Waals surface area contributed by atoms with Crippen molar-refractivity contribution in [1.82, 2.24) is 15.3 Å². The van der Waals surface area contributed by atoms with Crippen LogP contribution in [0.15, 0.2) is 53.3 Å². The maximum absolute atomic E-state index is 12.3. The zero-order chi connectivity index (χ0) is 15.5. The van der Waals surface area contributed by atoms with Crippen LogP contribution in [0.4, 0.5) is 0 Å². The van der Waals surface area contributed by atoms with Crippen LogP contribution in [0.3, 0.4) is 0 Å². The molecule has 0 bridgehead atoms. The third-order valence-corrected chi connectivity index (χ3v) is 3.47. The summed E-state index contributed by atoms with van der Waals surface area (Å²) in [5.41, 5.74) is 1.06. The summed E-state index contributed by atoms with van der Waals surface area (Å²) >= 11 is 5.82. The monoisotopic (exact) mass is 313 g/mol. The predicted molar refractivity (Wildman–Crippen MR) is 85.0 cm³/mol. The lowest BCUT2D eigenvalue weighted by Crippen LogP contribution is -2.27. The molecule has 1 amide bonds. The Kier molecular flexibility index (Phi) is 3.89. The summed E-state index contributed by atoms with van der Waals surface area (Å²) in [5.74, 6) is -0.391. The molecule has 0 aliphatic rings. The molecule has 2 N–H and O–H groups in total. The molecule has 6 heteroatoms. The van der Waals surface area contributed by atoms with Gasteiger partial charge in [0.05, 0.1) is 5.52 Å². The van der Waals surface area contributed by atoms with Crippen LogP contribution in [0.1, 0.15) is 16.1 Å². The van der Waals surface area contributed by atoms with Gasteiger partial charge in [0.2, 0.25) is 0 Å². The SMILES string of the molecule is O=C(NCc1ccc(Cl)cc1)c1nc(=O)[nH]c2ccccc12. The van der Waals surface area contributed by atoms with Gasteiger partial charge in [-0.15, -0.1) is 0 Å². The average Bonchev–Trinajstić information content (AvgIpc) is 2.53. The number of carbonyl (C=O) groups excluding carboxylic acids is 1. The van der Waals surface area contributed by atoms with E-state index in [1.807, 2.05) is 12.1 Å². The Morgan fingerprint density at radius 2 is 1.86 bits per heavy atom. The van der Waals surface area contributed by atoms with Crippen LogP contribution in [0.5, 0.6) is 0 Å². The molecule has 0 radical (unpaired) electrons. The van der Waals surface area contributed by atoms with Gasteiger partial charge in [0.25, 0.3) is 5.91 Å². The molecule has 0 saturated carbocycles. The number of carbonyl (C=O) groups is 1. The topological polar surface area (TPSA) is 74.8 Å². The second kappa shape index (κ2) is 5.99. The van der Waals surface area contributed by atoms with Crippen molar-refractivity contribution in [3.8, 4) is 0 Å². The van der Waals surface area contributed by atoms with Crippen LogP contribution < -0.4 is 11.0 Å². The minimum Gasteiger partial charge on any atom is -0.347 e. The van der Waals surface area contributed by atoms with E-state index in [2.05, 4.69) is 15.3 Å². The first-order valence-corrected chi connectivity index (χ1v) is 7.03. The quantitative estimate of drug-likeness (QED) is 0.780. The lowest BCUT2D eigenvalue weighted by Gasteiger charge is -2.07. The van der Waals surface area contributed by atoms with Crippen LogP contribution in [-0.4, -0.2) is 15.9 Å². The number of aromatic nitrogens is 2. The summed E-state index contributed by atoms with van der Waals surface area (Å²) in [5, 5.41) is 4.00. The van der Waals surface area contributed by atoms with E-state index in [9.17, 15) is 9.59 Å². The number of hydrogen-bond donors (Lipinski definition) is 2. The van der Waals surface area contributed by atoms with E-state index in [4.69, 9.17) is 11.6 Å². The van der Waals surface area contributed by atoms with Crippen molar-refractivity contribution in [3.63, 3.8) is 0 Å². The van der Waals surface area contributed by atoms with Crippen LogP contribution in [0.25, 0.3) is 10.9 Å².